The zero-order chi connectivity index (χ0) is 31.1. The van der Waals surface area contributed by atoms with Crippen molar-refractivity contribution >= 4 is 0 Å². The molecule has 4 aromatic heterocycles. The molecule has 1 radical (unpaired) electrons. The third-order valence-corrected chi connectivity index (χ3v) is 4.63. The Labute approximate surface area is 263 Å². The standard InChI is InChI=1S/2C13H15N3.2ClHO4.Co/c2*1-3-8-15-12(5-1)7-10-14-11-13-6-2-4-9-16-13;2*2-1(3,4)5;/h2*1-6,8-9,14H,7,10-11H2;2*(H,2,3,4,5);/q;;;;+2/p-2. The molecule has 17 heteroatoms. The van der Waals surface area contributed by atoms with Gasteiger partial charge in [0.25, 0.3) is 0 Å². The minimum Gasteiger partial charge on any atom is -0.311 e. The fourth-order valence-corrected chi connectivity index (χ4v) is 2.96. The second-order valence-corrected chi connectivity index (χ2v) is 9.41. The van der Waals surface area contributed by atoms with Crippen LogP contribution in [0, 0.1) is 20.5 Å². The van der Waals surface area contributed by atoms with Crippen LogP contribution in [0.5, 0.6) is 0 Å². The summed E-state index contributed by atoms with van der Waals surface area (Å²) in [6, 6.07) is 23.9. The molecule has 0 aliphatic carbocycles. The van der Waals surface area contributed by atoms with Gasteiger partial charge in [-0.1, -0.05) is 24.3 Å². The number of pyridine rings is 4. The summed E-state index contributed by atoms with van der Waals surface area (Å²) >= 11 is 0. The van der Waals surface area contributed by atoms with E-state index in [1.54, 1.807) is 0 Å². The predicted octanol–water partition coefficient (Wildman–Crippen LogP) is -5.90. The topological polar surface area (TPSA) is 260 Å². The Morgan fingerprint density at radius 2 is 0.698 bits per heavy atom. The van der Waals surface area contributed by atoms with E-state index in [1.807, 2.05) is 97.6 Å². The first-order chi connectivity index (χ1) is 19.9. The van der Waals surface area contributed by atoms with Gasteiger partial charge >= 0.3 is 16.8 Å². The van der Waals surface area contributed by atoms with E-state index in [9.17, 15) is 0 Å². The molecule has 0 spiro atoms. The first-order valence-electron chi connectivity index (χ1n) is 12.1. The quantitative estimate of drug-likeness (QED) is 0.148. The fraction of sp³-hybridized carbons (Fsp3) is 0.231. The maximum Gasteiger partial charge on any atom is 2.00 e. The number of hydrogen-bond donors (Lipinski definition) is 2. The van der Waals surface area contributed by atoms with Gasteiger partial charge in [0.05, 0.1) is 11.4 Å². The van der Waals surface area contributed by atoms with Gasteiger partial charge < -0.3 is 10.6 Å². The third-order valence-electron chi connectivity index (χ3n) is 4.63. The summed E-state index contributed by atoms with van der Waals surface area (Å²) in [7, 11) is -9.89. The van der Waals surface area contributed by atoms with E-state index in [0.29, 0.717) is 0 Å². The van der Waals surface area contributed by atoms with Crippen LogP contribution < -0.4 is 47.9 Å². The van der Waals surface area contributed by atoms with Gasteiger partial charge in [-0.2, -0.15) is 0 Å². The van der Waals surface area contributed by atoms with Crippen molar-refractivity contribution in [3.05, 3.63) is 120 Å². The molecule has 0 unspecified atom stereocenters. The van der Waals surface area contributed by atoms with Gasteiger partial charge in [-0.3, -0.25) is 19.9 Å². The molecule has 4 rings (SSSR count). The molecule has 2 N–H and O–H groups in total. The second-order valence-electron chi connectivity index (χ2n) is 7.89. The summed E-state index contributed by atoms with van der Waals surface area (Å²) in [5.74, 6) is 0. The third kappa shape index (κ3) is 29.2. The van der Waals surface area contributed by atoms with E-state index in [0.717, 1.165) is 61.8 Å². The van der Waals surface area contributed by atoms with Crippen molar-refractivity contribution in [2.45, 2.75) is 25.9 Å². The maximum absolute atomic E-state index is 8.49. The zero-order valence-electron chi connectivity index (χ0n) is 22.6. The van der Waals surface area contributed by atoms with Crippen LogP contribution in [0.2, 0.25) is 0 Å². The Bertz CT molecular complexity index is 994. The summed E-state index contributed by atoms with van der Waals surface area (Å²) in [6.07, 6.45) is 9.19. The summed E-state index contributed by atoms with van der Waals surface area (Å²) < 4.78 is 67.9. The van der Waals surface area contributed by atoms with Crippen LogP contribution in [-0.4, -0.2) is 33.0 Å². The number of rotatable bonds is 10. The van der Waals surface area contributed by atoms with Crippen molar-refractivity contribution in [1.29, 1.82) is 0 Å². The Morgan fingerprint density at radius 3 is 0.930 bits per heavy atom. The average molecular weight is 684 g/mol. The monoisotopic (exact) mass is 683 g/mol. The van der Waals surface area contributed by atoms with E-state index in [4.69, 9.17) is 37.3 Å². The van der Waals surface area contributed by atoms with Crippen LogP contribution in [0.15, 0.2) is 97.6 Å². The van der Waals surface area contributed by atoms with Crippen LogP contribution in [-0.2, 0) is 42.7 Å². The molecule has 0 aromatic carbocycles. The molecular weight excluding hydrogens is 654 g/mol. The SMILES string of the molecule is [Co+2].[O-][Cl+3]([O-])([O-])[O-].[O-][Cl+3]([O-])([O-])[O-].c1ccc(CCNCc2ccccn2)nc1.c1ccc(CCNCc2ccccn2)nc1. The molecule has 0 saturated carbocycles. The number of aromatic nitrogens is 4. The van der Waals surface area contributed by atoms with Crippen LogP contribution in [0.1, 0.15) is 22.8 Å². The van der Waals surface area contributed by atoms with E-state index >= 15 is 0 Å². The first kappa shape index (κ1) is 40.3. The van der Waals surface area contributed by atoms with Crippen molar-refractivity contribution in [2.24, 2.45) is 0 Å². The number of halogens is 2. The Morgan fingerprint density at radius 1 is 0.442 bits per heavy atom. The number of nitrogens with one attached hydrogen (secondary N) is 2. The van der Waals surface area contributed by atoms with Gasteiger partial charge in [0.1, 0.15) is 0 Å². The van der Waals surface area contributed by atoms with Crippen molar-refractivity contribution in [3.8, 4) is 0 Å². The fourth-order valence-electron chi connectivity index (χ4n) is 2.96. The van der Waals surface area contributed by atoms with Gasteiger partial charge in [-0.05, 0) is 48.5 Å². The molecule has 0 aliphatic heterocycles. The van der Waals surface area contributed by atoms with Crippen LogP contribution >= 0.6 is 0 Å². The molecule has 0 fully saturated rings. The first-order valence-corrected chi connectivity index (χ1v) is 14.6. The molecule has 0 amide bonds. The van der Waals surface area contributed by atoms with Crippen molar-refractivity contribution in [1.82, 2.24) is 30.6 Å². The molecule has 0 bridgehead atoms. The summed E-state index contributed by atoms with van der Waals surface area (Å²) in [4.78, 5) is 17.0. The van der Waals surface area contributed by atoms with E-state index in [1.165, 1.54) is 0 Å². The second kappa shape index (κ2) is 23.7. The molecule has 0 saturated heterocycles. The van der Waals surface area contributed by atoms with Gasteiger partial charge in [0.2, 0.25) is 0 Å². The minimum atomic E-state index is -4.94. The molecule has 235 valence electrons. The Balaban J connectivity index is 0.000000617. The van der Waals surface area contributed by atoms with Crippen molar-refractivity contribution < 1.29 is 74.5 Å². The van der Waals surface area contributed by atoms with E-state index in [-0.39, 0.29) is 16.8 Å². The minimum absolute atomic E-state index is 0. The molecule has 4 aromatic rings. The summed E-state index contributed by atoms with van der Waals surface area (Å²) in [5, 5.41) is 6.70. The normalized spacial score (nSPS) is 10.4. The maximum atomic E-state index is 8.49. The van der Waals surface area contributed by atoms with Gasteiger partial charge in [-0.15, -0.1) is 20.5 Å². The largest absolute Gasteiger partial charge is 2.00 e. The smallest absolute Gasteiger partial charge is 0.311 e. The van der Waals surface area contributed by atoms with E-state index in [2.05, 4.69) is 30.6 Å². The molecule has 0 aliphatic rings. The van der Waals surface area contributed by atoms with Crippen LogP contribution in [0.4, 0.5) is 0 Å². The number of nitrogens with zero attached hydrogens (tertiary/aromatic N) is 4. The van der Waals surface area contributed by atoms with Crippen molar-refractivity contribution in [2.75, 3.05) is 13.1 Å². The predicted molar refractivity (Wildman–Crippen MR) is 128 cm³/mol. The van der Waals surface area contributed by atoms with Gasteiger partial charge in [0, 0.05) is 75.2 Å². The molecule has 0 atom stereocenters. The Hall–Kier alpha value is -2.71. The molecule has 14 nitrogen and oxygen atoms in total. The zero-order valence-corrected chi connectivity index (χ0v) is 25.2. The van der Waals surface area contributed by atoms with Gasteiger partial charge in [0.15, 0.2) is 0 Å². The van der Waals surface area contributed by atoms with E-state index < -0.39 is 20.5 Å². The van der Waals surface area contributed by atoms with Gasteiger partial charge in [-0.25, -0.2) is 37.3 Å². The van der Waals surface area contributed by atoms with Crippen LogP contribution in [0.3, 0.4) is 0 Å². The summed E-state index contributed by atoms with van der Waals surface area (Å²) in [5.41, 5.74) is 4.39. The number of hydrogen-bond acceptors (Lipinski definition) is 14. The average Bonchev–Trinajstić information content (AvgIpc) is 2.94. The molecule has 43 heavy (non-hydrogen) atoms. The Kier molecular flexibility index (Phi) is 22.2. The van der Waals surface area contributed by atoms with Crippen molar-refractivity contribution in [3.63, 3.8) is 0 Å². The molecular formula is C26H30Cl2CoN6O8. The van der Waals surface area contributed by atoms with Crippen LogP contribution in [0.25, 0.3) is 0 Å². The molecule has 4 heterocycles. The summed E-state index contributed by atoms with van der Waals surface area (Å²) in [6.45, 7) is 3.47.